The lowest BCUT2D eigenvalue weighted by Gasteiger charge is -2.15. The fraction of sp³-hybridized carbons (Fsp3) is 0.333. The van der Waals surface area contributed by atoms with Crippen molar-refractivity contribution in [1.82, 2.24) is 4.57 Å². The first kappa shape index (κ1) is 18.2. The molecule has 0 aliphatic rings. The number of methoxy groups -OCH3 is 2. The van der Waals surface area contributed by atoms with Crippen LogP contribution in [-0.4, -0.2) is 36.5 Å². The Morgan fingerprint density at radius 2 is 1.88 bits per heavy atom. The molecule has 2 aromatic rings. The Labute approximate surface area is 144 Å². The SMILES string of the molecule is CC#CCn1c(=O)c(C(=O)OCC)c(O)c2cc(OC)c(OC)cc21. The third-order valence-corrected chi connectivity index (χ3v) is 3.64. The maximum atomic E-state index is 12.7. The van der Waals surface area contributed by atoms with Gasteiger partial charge < -0.3 is 19.3 Å². The lowest BCUT2D eigenvalue weighted by molar-refractivity contribution is 0.0520. The highest BCUT2D eigenvalue weighted by Gasteiger charge is 2.24. The molecule has 0 saturated heterocycles. The van der Waals surface area contributed by atoms with E-state index in [0.717, 1.165) is 0 Å². The average Bonchev–Trinajstić information content (AvgIpc) is 2.60. The molecule has 0 saturated carbocycles. The summed E-state index contributed by atoms with van der Waals surface area (Å²) in [6.45, 7) is 3.39. The van der Waals surface area contributed by atoms with Crippen LogP contribution in [0.1, 0.15) is 24.2 Å². The summed E-state index contributed by atoms with van der Waals surface area (Å²) in [5.41, 5.74) is -0.742. The highest BCUT2D eigenvalue weighted by molar-refractivity contribution is 6.00. The second-order valence-electron chi connectivity index (χ2n) is 4.99. The normalized spacial score (nSPS) is 10.1. The zero-order valence-corrected chi connectivity index (χ0v) is 14.5. The van der Waals surface area contributed by atoms with E-state index in [2.05, 4.69) is 11.8 Å². The van der Waals surface area contributed by atoms with Gasteiger partial charge in [0.1, 0.15) is 5.75 Å². The maximum absolute atomic E-state index is 12.7. The Balaban J connectivity index is 2.94. The van der Waals surface area contributed by atoms with Crippen molar-refractivity contribution >= 4 is 16.9 Å². The number of aromatic nitrogens is 1. The Kier molecular flexibility index (Phi) is 5.55. The zero-order valence-electron chi connectivity index (χ0n) is 14.5. The van der Waals surface area contributed by atoms with Gasteiger partial charge in [-0.2, -0.15) is 0 Å². The van der Waals surface area contributed by atoms with Crippen LogP contribution in [0.4, 0.5) is 0 Å². The van der Waals surface area contributed by atoms with Crippen molar-refractivity contribution in [3.8, 4) is 29.1 Å². The summed E-state index contributed by atoms with van der Waals surface area (Å²) in [6, 6.07) is 3.06. The first-order valence-electron chi connectivity index (χ1n) is 7.58. The number of hydrogen-bond donors (Lipinski definition) is 1. The van der Waals surface area contributed by atoms with Crippen LogP contribution in [0.15, 0.2) is 16.9 Å². The molecule has 1 aromatic carbocycles. The number of ether oxygens (including phenoxy) is 3. The predicted molar refractivity (Wildman–Crippen MR) is 92.4 cm³/mol. The number of benzene rings is 1. The van der Waals surface area contributed by atoms with Gasteiger partial charge >= 0.3 is 5.97 Å². The van der Waals surface area contributed by atoms with E-state index in [1.807, 2.05) is 0 Å². The highest BCUT2D eigenvalue weighted by atomic mass is 16.5. The standard InChI is InChI=1S/C18H19NO6/c1-5-7-8-19-12-10-14(24-4)13(23-3)9-11(12)16(20)15(17(19)21)18(22)25-6-2/h9-10,20H,6,8H2,1-4H3. The van der Waals surface area contributed by atoms with Crippen LogP contribution in [0.5, 0.6) is 17.2 Å². The smallest absolute Gasteiger partial charge is 0.347 e. The van der Waals surface area contributed by atoms with E-state index >= 15 is 0 Å². The van der Waals surface area contributed by atoms with Gasteiger partial charge in [-0.3, -0.25) is 9.36 Å². The molecule has 0 bridgehead atoms. The molecule has 7 heteroatoms. The Bertz CT molecular complexity index is 933. The van der Waals surface area contributed by atoms with Crippen molar-refractivity contribution < 1.29 is 24.1 Å². The van der Waals surface area contributed by atoms with Gasteiger partial charge in [-0.1, -0.05) is 5.92 Å². The van der Waals surface area contributed by atoms with Crippen molar-refractivity contribution in [2.24, 2.45) is 0 Å². The van der Waals surface area contributed by atoms with Crippen LogP contribution in [0, 0.1) is 11.8 Å². The molecular formula is C18H19NO6. The molecule has 0 aliphatic heterocycles. The maximum Gasteiger partial charge on any atom is 0.347 e. The summed E-state index contributed by atoms with van der Waals surface area (Å²) in [5.74, 6) is 4.88. The predicted octanol–water partition coefficient (Wildman–Crippen LogP) is 1.92. The lowest BCUT2D eigenvalue weighted by atomic mass is 10.1. The molecular weight excluding hydrogens is 326 g/mol. The first-order chi connectivity index (χ1) is 12.0. The number of hydrogen-bond acceptors (Lipinski definition) is 6. The van der Waals surface area contributed by atoms with E-state index < -0.39 is 22.8 Å². The molecule has 0 spiro atoms. The largest absolute Gasteiger partial charge is 0.506 e. The van der Waals surface area contributed by atoms with Crippen LogP contribution in [0.3, 0.4) is 0 Å². The van der Waals surface area contributed by atoms with Crippen LogP contribution in [0.25, 0.3) is 10.9 Å². The van der Waals surface area contributed by atoms with Gasteiger partial charge in [0.25, 0.3) is 5.56 Å². The molecule has 0 amide bonds. The monoisotopic (exact) mass is 345 g/mol. The second kappa shape index (κ2) is 7.62. The number of pyridine rings is 1. The summed E-state index contributed by atoms with van der Waals surface area (Å²) in [7, 11) is 2.91. The Morgan fingerprint density at radius 3 is 2.44 bits per heavy atom. The number of carbonyl (C=O) groups is 1. The molecule has 0 fully saturated rings. The zero-order chi connectivity index (χ0) is 18.6. The van der Waals surface area contributed by atoms with Crippen molar-refractivity contribution in [3.05, 3.63) is 28.0 Å². The Morgan fingerprint density at radius 1 is 1.24 bits per heavy atom. The molecule has 0 aliphatic carbocycles. The summed E-state index contributed by atoms with van der Waals surface area (Å²) in [6.07, 6.45) is 0. The quantitative estimate of drug-likeness (QED) is 0.658. The highest BCUT2D eigenvalue weighted by Crippen LogP contribution is 2.36. The molecule has 0 unspecified atom stereocenters. The minimum absolute atomic E-state index is 0.0496. The number of fused-ring (bicyclic) bond motifs is 1. The fourth-order valence-corrected chi connectivity index (χ4v) is 2.46. The van der Waals surface area contributed by atoms with Crippen molar-refractivity contribution in [3.63, 3.8) is 0 Å². The van der Waals surface area contributed by atoms with Crippen molar-refractivity contribution in [1.29, 1.82) is 0 Å². The topological polar surface area (TPSA) is 87.0 Å². The van der Waals surface area contributed by atoms with Crippen molar-refractivity contribution in [2.45, 2.75) is 20.4 Å². The lowest BCUT2D eigenvalue weighted by Crippen LogP contribution is -2.28. The molecule has 2 rings (SSSR count). The van der Waals surface area contributed by atoms with E-state index in [1.165, 1.54) is 24.9 Å². The van der Waals surface area contributed by atoms with E-state index in [0.29, 0.717) is 17.0 Å². The van der Waals surface area contributed by atoms with Gasteiger partial charge in [0, 0.05) is 11.5 Å². The average molecular weight is 345 g/mol. The number of nitrogens with zero attached hydrogens (tertiary/aromatic N) is 1. The minimum Gasteiger partial charge on any atom is -0.506 e. The van der Waals surface area contributed by atoms with Crippen LogP contribution >= 0.6 is 0 Å². The molecule has 25 heavy (non-hydrogen) atoms. The van der Waals surface area contributed by atoms with E-state index in [-0.39, 0.29) is 18.5 Å². The molecule has 7 nitrogen and oxygen atoms in total. The second-order valence-corrected chi connectivity index (χ2v) is 4.99. The van der Waals surface area contributed by atoms with Gasteiger partial charge in [-0.05, 0) is 19.9 Å². The first-order valence-corrected chi connectivity index (χ1v) is 7.58. The molecule has 1 N–H and O–H groups in total. The van der Waals surface area contributed by atoms with E-state index in [9.17, 15) is 14.7 Å². The molecule has 0 radical (unpaired) electrons. The van der Waals surface area contributed by atoms with Crippen molar-refractivity contribution in [2.75, 3.05) is 20.8 Å². The molecule has 1 aromatic heterocycles. The van der Waals surface area contributed by atoms with Crippen LogP contribution in [0.2, 0.25) is 0 Å². The van der Waals surface area contributed by atoms with Gasteiger partial charge in [0.2, 0.25) is 0 Å². The summed E-state index contributed by atoms with van der Waals surface area (Å²) in [4.78, 5) is 24.9. The van der Waals surface area contributed by atoms with Gasteiger partial charge in [0.15, 0.2) is 17.1 Å². The minimum atomic E-state index is -0.889. The molecule has 1 heterocycles. The third-order valence-electron chi connectivity index (χ3n) is 3.64. The summed E-state index contributed by atoms with van der Waals surface area (Å²) in [5, 5.41) is 10.8. The van der Waals surface area contributed by atoms with Gasteiger partial charge in [0.05, 0.1) is 32.9 Å². The van der Waals surface area contributed by atoms with E-state index in [4.69, 9.17) is 14.2 Å². The number of aromatic hydroxyl groups is 1. The summed E-state index contributed by atoms with van der Waals surface area (Å²) >= 11 is 0. The number of rotatable bonds is 5. The molecule has 132 valence electrons. The van der Waals surface area contributed by atoms with Crippen LogP contribution in [-0.2, 0) is 11.3 Å². The fourth-order valence-electron chi connectivity index (χ4n) is 2.46. The van der Waals surface area contributed by atoms with Gasteiger partial charge in [-0.15, -0.1) is 5.92 Å². The van der Waals surface area contributed by atoms with E-state index in [1.54, 1.807) is 19.9 Å². The number of carbonyl (C=O) groups excluding carboxylic acids is 1. The number of esters is 1. The summed E-state index contributed by atoms with van der Waals surface area (Å²) < 4.78 is 16.7. The van der Waals surface area contributed by atoms with Gasteiger partial charge in [-0.25, -0.2) is 4.79 Å². The third kappa shape index (κ3) is 3.24. The van der Waals surface area contributed by atoms with Crippen LogP contribution < -0.4 is 15.0 Å². The molecule has 0 atom stereocenters. The Hall–Kier alpha value is -3.14.